The van der Waals surface area contributed by atoms with Crippen molar-refractivity contribution in [1.29, 1.82) is 0 Å². The fourth-order valence-corrected chi connectivity index (χ4v) is 2.98. The number of imidazole rings is 1. The highest BCUT2D eigenvalue weighted by Crippen LogP contribution is 2.31. The van der Waals surface area contributed by atoms with Crippen molar-refractivity contribution in [3.63, 3.8) is 0 Å². The first-order valence-electron chi connectivity index (χ1n) is 6.04. The Morgan fingerprint density at radius 1 is 1.33 bits per heavy atom. The molecular weight excluding hydrogens is 266 g/mol. The molecule has 18 heavy (non-hydrogen) atoms. The van der Waals surface area contributed by atoms with Crippen molar-refractivity contribution in [2.75, 3.05) is 5.32 Å². The predicted molar refractivity (Wildman–Crippen MR) is 78.9 cm³/mol. The Morgan fingerprint density at radius 3 is 2.61 bits per heavy atom. The first kappa shape index (κ1) is 13.4. The Balaban J connectivity index is 2.32. The minimum Gasteiger partial charge on any atom is -0.353 e. The Labute approximate surface area is 117 Å². The van der Waals surface area contributed by atoms with Gasteiger partial charge in [-0.25, -0.2) is 4.98 Å². The molecule has 98 valence electrons. The summed E-state index contributed by atoms with van der Waals surface area (Å²) in [5, 5.41) is 3.38. The molecule has 0 aliphatic heterocycles. The molecule has 0 spiro atoms. The van der Waals surface area contributed by atoms with Gasteiger partial charge >= 0.3 is 0 Å². The van der Waals surface area contributed by atoms with Crippen molar-refractivity contribution >= 4 is 28.9 Å². The highest BCUT2D eigenvalue weighted by atomic mass is 35.5. The van der Waals surface area contributed by atoms with Crippen LogP contribution in [0.2, 0.25) is 4.34 Å². The molecule has 0 fully saturated rings. The van der Waals surface area contributed by atoms with E-state index in [-0.39, 0.29) is 6.04 Å². The largest absolute Gasteiger partial charge is 0.353 e. The average Bonchev–Trinajstić information content (AvgIpc) is 2.83. The highest BCUT2D eigenvalue weighted by Gasteiger charge is 2.15. The van der Waals surface area contributed by atoms with Gasteiger partial charge in [0, 0.05) is 17.1 Å². The lowest BCUT2D eigenvalue weighted by Gasteiger charge is -2.17. The first-order valence-corrected chi connectivity index (χ1v) is 7.24. The zero-order valence-corrected chi connectivity index (χ0v) is 12.6. The minimum atomic E-state index is 0.241. The van der Waals surface area contributed by atoms with Crippen LogP contribution in [0, 0.1) is 6.92 Å². The molecule has 1 atom stereocenters. The van der Waals surface area contributed by atoms with Crippen molar-refractivity contribution in [2.45, 2.75) is 39.8 Å². The van der Waals surface area contributed by atoms with Crippen LogP contribution in [-0.2, 0) is 0 Å². The molecule has 1 N–H and O–H groups in total. The van der Waals surface area contributed by atoms with Crippen LogP contribution in [0.4, 0.5) is 5.95 Å². The average molecular weight is 284 g/mol. The zero-order chi connectivity index (χ0) is 13.3. The van der Waals surface area contributed by atoms with Crippen LogP contribution < -0.4 is 5.32 Å². The van der Waals surface area contributed by atoms with Crippen LogP contribution in [0.3, 0.4) is 0 Å². The van der Waals surface area contributed by atoms with Gasteiger partial charge in [0.05, 0.1) is 16.1 Å². The van der Waals surface area contributed by atoms with E-state index in [1.54, 1.807) is 11.3 Å². The molecule has 0 aromatic carbocycles. The monoisotopic (exact) mass is 283 g/mol. The summed E-state index contributed by atoms with van der Waals surface area (Å²) in [6.07, 6.45) is 2.07. The zero-order valence-electron chi connectivity index (χ0n) is 11.1. The van der Waals surface area contributed by atoms with Crippen molar-refractivity contribution in [2.24, 2.45) is 0 Å². The Kier molecular flexibility index (Phi) is 3.97. The third-order valence-corrected chi connectivity index (χ3v) is 4.09. The second-order valence-electron chi connectivity index (χ2n) is 4.73. The maximum atomic E-state index is 6.00. The predicted octanol–water partition coefficient (Wildman–Crippen LogP) is 4.34. The fourth-order valence-electron chi connectivity index (χ4n) is 1.87. The van der Waals surface area contributed by atoms with E-state index in [1.165, 1.54) is 4.88 Å². The molecule has 0 amide bonds. The lowest BCUT2D eigenvalue weighted by Crippen LogP contribution is -2.16. The summed E-state index contributed by atoms with van der Waals surface area (Å²) in [5.74, 6) is 0.916. The molecule has 5 heteroatoms. The van der Waals surface area contributed by atoms with E-state index in [4.69, 9.17) is 11.6 Å². The normalized spacial score (nSPS) is 13.0. The van der Waals surface area contributed by atoms with E-state index in [0.717, 1.165) is 16.0 Å². The molecule has 2 aromatic rings. The van der Waals surface area contributed by atoms with Gasteiger partial charge in [0.2, 0.25) is 5.95 Å². The Bertz CT molecular complexity index is 530. The van der Waals surface area contributed by atoms with Gasteiger partial charge < -0.3 is 9.88 Å². The molecule has 2 aromatic heterocycles. The SMILES string of the molecule is Cc1cn(C(C)c2ccc(Cl)s2)c(NC(C)C)n1. The highest BCUT2D eigenvalue weighted by molar-refractivity contribution is 7.16. The van der Waals surface area contributed by atoms with Gasteiger partial charge in [-0.15, -0.1) is 11.3 Å². The first-order chi connectivity index (χ1) is 8.47. The number of halogens is 1. The fraction of sp³-hybridized carbons (Fsp3) is 0.462. The molecule has 0 saturated heterocycles. The molecule has 0 saturated carbocycles. The second-order valence-corrected chi connectivity index (χ2v) is 6.48. The standard InChI is InChI=1S/C13H18ClN3S/c1-8(2)15-13-16-9(3)7-17(13)10(4)11-5-6-12(14)18-11/h5-8,10H,1-4H3,(H,15,16). The van der Waals surface area contributed by atoms with Crippen LogP contribution in [-0.4, -0.2) is 15.6 Å². The van der Waals surface area contributed by atoms with Crippen LogP contribution >= 0.6 is 22.9 Å². The van der Waals surface area contributed by atoms with E-state index in [1.807, 2.05) is 13.0 Å². The number of aryl methyl sites for hydroxylation is 1. The minimum absolute atomic E-state index is 0.241. The van der Waals surface area contributed by atoms with Crippen molar-refractivity contribution < 1.29 is 0 Å². The van der Waals surface area contributed by atoms with Gasteiger partial charge in [0.1, 0.15) is 0 Å². The molecule has 2 heterocycles. The molecular formula is C13H18ClN3S. The molecule has 0 radical (unpaired) electrons. The van der Waals surface area contributed by atoms with Gasteiger partial charge in [0.25, 0.3) is 0 Å². The van der Waals surface area contributed by atoms with E-state index in [0.29, 0.717) is 6.04 Å². The maximum absolute atomic E-state index is 6.00. The third kappa shape index (κ3) is 2.87. The Morgan fingerprint density at radius 2 is 2.06 bits per heavy atom. The summed E-state index contributed by atoms with van der Waals surface area (Å²) in [6, 6.07) is 4.62. The maximum Gasteiger partial charge on any atom is 0.203 e. The number of rotatable bonds is 4. The van der Waals surface area contributed by atoms with Gasteiger partial charge in [-0.2, -0.15) is 0 Å². The summed E-state index contributed by atoms with van der Waals surface area (Å²) in [6.45, 7) is 8.40. The van der Waals surface area contributed by atoms with Crippen LogP contribution in [0.15, 0.2) is 18.3 Å². The van der Waals surface area contributed by atoms with Crippen LogP contribution in [0.25, 0.3) is 0 Å². The summed E-state index contributed by atoms with van der Waals surface area (Å²) in [4.78, 5) is 5.77. The molecule has 1 unspecified atom stereocenters. The number of hydrogen-bond donors (Lipinski definition) is 1. The van der Waals surface area contributed by atoms with Crippen molar-refractivity contribution in [3.8, 4) is 0 Å². The van der Waals surface area contributed by atoms with Gasteiger partial charge in [-0.05, 0) is 39.8 Å². The lowest BCUT2D eigenvalue weighted by atomic mass is 10.3. The molecule has 0 bridgehead atoms. The van der Waals surface area contributed by atoms with Crippen molar-refractivity contribution in [1.82, 2.24) is 9.55 Å². The second kappa shape index (κ2) is 5.33. The molecule has 0 aliphatic carbocycles. The topological polar surface area (TPSA) is 29.9 Å². The van der Waals surface area contributed by atoms with Crippen molar-refractivity contribution in [3.05, 3.63) is 33.2 Å². The number of hydrogen-bond acceptors (Lipinski definition) is 3. The lowest BCUT2D eigenvalue weighted by molar-refractivity contribution is 0.648. The van der Waals surface area contributed by atoms with Gasteiger partial charge in [-0.1, -0.05) is 11.6 Å². The van der Waals surface area contributed by atoms with Crippen LogP contribution in [0.1, 0.15) is 37.4 Å². The summed E-state index contributed by atoms with van der Waals surface area (Å²) in [5.41, 5.74) is 1.02. The molecule has 0 aliphatic rings. The quantitative estimate of drug-likeness (QED) is 0.905. The number of nitrogens with zero attached hydrogens (tertiary/aromatic N) is 2. The van der Waals surface area contributed by atoms with E-state index >= 15 is 0 Å². The van der Waals surface area contributed by atoms with Gasteiger partial charge in [-0.3, -0.25) is 0 Å². The van der Waals surface area contributed by atoms with Crippen LogP contribution in [0.5, 0.6) is 0 Å². The summed E-state index contributed by atoms with van der Waals surface area (Å²) in [7, 11) is 0. The number of nitrogens with one attached hydrogen (secondary N) is 1. The summed E-state index contributed by atoms with van der Waals surface area (Å²) >= 11 is 7.62. The summed E-state index contributed by atoms with van der Waals surface area (Å²) < 4.78 is 2.99. The molecule has 3 nitrogen and oxygen atoms in total. The number of thiophene rings is 1. The third-order valence-electron chi connectivity index (χ3n) is 2.69. The van der Waals surface area contributed by atoms with Gasteiger partial charge in [0.15, 0.2) is 0 Å². The van der Waals surface area contributed by atoms with E-state index in [9.17, 15) is 0 Å². The smallest absolute Gasteiger partial charge is 0.203 e. The number of anilines is 1. The van der Waals surface area contributed by atoms with E-state index in [2.05, 4.69) is 47.9 Å². The van der Waals surface area contributed by atoms with E-state index < -0.39 is 0 Å². The molecule has 2 rings (SSSR count). The Hall–Kier alpha value is -1.00. The number of aromatic nitrogens is 2.